The van der Waals surface area contributed by atoms with Gasteiger partial charge in [-0.25, -0.2) is 0 Å². The van der Waals surface area contributed by atoms with Crippen LogP contribution in [0.1, 0.15) is 36.0 Å². The number of nitrogen functional groups attached to an aromatic ring is 1. The number of hydrogen-bond donors (Lipinski definition) is 1. The minimum atomic E-state index is -0.276. The van der Waals surface area contributed by atoms with Crippen molar-refractivity contribution in [3.8, 4) is 0 Å². The zero-order valence-electron chi connectivity index (χ0n) is 11.6. The van der Waals surface area contributed by atoms with Gasteiger partial charge in [-0.2, -0.15) is 4.36 Å². The largest absolute Gasteiger partial charge is 0.397 e. The number of hydrogen-bond acceptors (Lipinski definition) is 2. The lowest BCUT2D eigenvalue weighted by Gasteiger charge is -2.08. The van der Waals surface area contributed by atoms with Gasteiger partial charge in [0.1, 0.15) is 0 Å². The molecule has 0 saturated heterocycles. The van der Waals surface area contributed by atoms with E-state index in [0.29, 0.717) is 15.6 Å². The van der Waals surface area contributed by atoms with E-state index in [1.165, 1.54) is 25.7 Å². The minimum Gasteiger partial charge on any atom is -0.397 e. The summed E-state index contributed by atoms with van der Waals surface area (Å²) in [5.41, 5.74) is 6.49. The van der Waals surface area contributed by atoms with Crippen LogP contribution in [0.3, 0.4) is 0 Å². The third kappa shape index (κ3) is 4.21. The van der Waals surface area contributed by atoms with Crippen LogP contribution in [-0.4, -0.2) is 17.4 Å². The number of nitrogens with zero attached hydrogens (tertiary/aromatic N) is 1. The summed E-state index contributed by atoms with van der Waals surface area (Å²) in [6.07, 6.45) is 5.12. The lowest BCUT2D eigenvalue weighted by Crippen LogP contribution is -2.10. The molecule has 0 unspecified atom stereocenters. The molecule has 0 heterocycles. The summed E-state index contributed by atoms with van der Waals surface area (Å²) < 4.78 is 4.44. The number of nitrogens with two attached hydrogens (primary N) is 1. The maximum atomic E-state index is 12.4. The van der Waals surface area contributed by atoms with E-state index in [2.05, 4.69) is 4.36 Å². The molecule has 1 amide bonds. The van der Waals surface area contributed by atoms with Crippen molar-refractivity contribution >= 4 is 45.5 Å². The summed E-state index contributed by atoms with van der Waals surface area (Å²) in [5, 5.41) is 0.724. The van der Waals surface area contributed by atoms with E-state index in [0.717, 1.165) is 23.3 Å². The second-order valence-corrected chi connectivity index (χ2v) is 8.55. The predicted octanol–water partition coefficient (Wildman–Crippen LogP) is 4.34. The van der Waals surface area contributed by atoms with Gasteiger partial charge in [-0.1, -0.05) is 33.9 Å². The van der Waals surface area contributed by atoms with Crippen molar-refractivity contribution in [3.63, 3.8) is 0 Å². The van der Waals surface area contributed by atoms with E-state index in [1.807, 2.05) is 0 Å². The van der Waals surface area contributed by atoms with Gasteiger partial charge in [-0.05, 0) is 49.7 Å². The van der Waals surface area contributed by atoms with Crippen LogP contribution in [-0.2, 0) is 10.7 Å². The molecule has 2 aliphatic carbocycles. The molecule has 21 heavy (non-hydrogen) atoms. The van der Waals surface area contributed by atoms with Crippen LogP contribution < -0.4 is 5.73 Å². The van der Waals surface area contributed by atoms with Crippen LogP contribution in [0.15, 0.2) is 16.5 Å². The van der Waals surface area contributed by atoms with Crippen molar-refractivity contribution in [2.75, 3.05) is 17.2 Å². The van der Waals surface area contributed by atoms with E-state index in [-0.39, 0.29) is 22.3 Å². The van der Waals surface area contributed by atoms with Crippen LogP contribution in [0.5, 0.6) is 0 Å². The standard InChI is InChI=1S/C15H18Cl2N2OS/c16-11-5-12(14(18)13(17)6-11)15(20)19-21(7-9-1-2-9)8-10-3-4-10/h5-6,9-10H,1-4,7-8,18H2. The van der Waals surface area contributed by atoms with Crippen LogP contribution in [0.25, 0.3) is 0 Å². The quantitative estimate of drug-likeness (QED) is 0.807. The zero-order valence-corrected chi connectivity index (χ0v) is 14.0. The number of anilines is 1. The van der Waals surface area contributed by atoms with Gasteiger partial charge in [-0.3, -0.25) is 4.79 Å². The van der Waals surface area contributed by atoms with E-state index in [1.54, 1.807) is 12.1 Å². The highest BCUT2D eigenvalue weighted by atomic mass is 35.5. The second kappa shape index (κ2) is 6.27. The summed E-state index contributed by atoms with van der Waals surface area (Å²) in [6.45, 7) is 0. The fourth-order valence-electron chi connectivity index (χ4n) is 2.18. The van der Waals surface area contributed by atoms with Gasteiger partial charge in [0.05, 0.1) is 16.3 Å². The third-order valence-corrected chi connectivity index (χ3v) is 6.45. The second-order valence-electron chi connectivity index (χ2n) is 5.93. The minimum absolute atomic E-state index is 0.178. The Balaban J connectivity index is 1.82. The molecule has 2 saturated carbocycles. The molecule has 0 bridgehead atoms. The van der Waals surface area contributed by atoms with Gasteiger partial charge in [0, 0.05) is 16.5 Å². The number of halogens is 2. The Morgan fingerprint density at radius 1 is 1.19 bits per heavy atom. The first-order valence-electron chi connectivity index (χ1n) is 7.21. The number of carbonyl (C=O) groups is 1. The highest BCUT2D eigenvalue weighted by molar-refractivity contribution is 7.87. The van der Waals surface area contributed by atoms with E-state index >= 15 is 0 Å². The van der Waals surface area contributed by atoms with Crippen LogP contribution >= 0.6 is 23.2 Å². The normalized spacial score (nSPS) is 18.0. The fourth-order valence-corrected chi connectivity index (χ4v) is 5.05. The average molecular weight is 345 g/mol. The molecule has 2 N–H and O–H groups in total. The Hall–Kier alpha value is -0.580. The molecular weight excluding hydrogens is 327 g/mol. The molecule has 0 spiro atoms. The molecule has 0 aliphatic heterocycles. The zero-order chi connectivity index (χ0) is 15.0. The maximum absolute atomic E-state index is 12.4. The Kier molecular flexibility index (Phi) is 4.57. The Labute approximate surface area is 137 Å². The van der Waals surface area contributed by atoms with Crippen LogP contribution in [0, 0.1) is 11.8 Å². The molecule has 3 rings (SSSR count). The fraction of sp³-hybridized carbons (Fsp3) is 0.533. The van der Waals surface area contributed by atoms with Crippen molar-refractivity contribution < 1.29 is 4.79 Å². The van der Waals surface area contributed by atoms with Crippen molar-refractivity contribution in [1.82, 2.24) is 0 Å². The molecule has 6 heteroatoms. The SMILES string of the molecule is Nc1c(Cl)cc(Cl)cc1C(=O)N=S(CC1CC1)CC1CC1. The lowest BCUT2D eigenvalue weighted by molar-refractivity contribution is 0.101. The first-order valence-corrected chi connectivity index (χ1v) is 9.48. The Bertz CT molecular complexity index is 594. The van der Waals surface area contributed by atoms with Crippen molar-refractivity contribution in [3.05, 3.63) is 27.7 Å². The molecule has 0 atom stereocenters. The molecule has 114 valence electrons. The number of amides is 1. The highest BCUT2D eigenvalue weighted by Crippen LogP contribution is 2.35. The number of rotatable bonds is 5. The van der Waals surface area contributed by atoms with Gasteiger partial charge in [0.2, 0.25) is 0 Å². The first kappa shape index (κ1) is 15.3. The van der Waals surface area contributed by atoms with E-state index < -0.39 is 0 Å². The van der Waals surface area contributed by atoms with Crippen molar-refractivity contribution in [2.24, 2.45) is 16.2 Å². The monoisotopic (exact) mass is 344 g/mol. The van der Waals surface area contributed by atoms with Crippen LogP contribution in [0.2, 0.25) is 10.0 Å². The number of carbonyl (C=O) groups excluding carboxylic acids is 1. The van der Waals surface area contributed by atoms with E-state index in [4.69, 9.17) is 28.9 Å². The van der Waals surface area contributed by atoms with Gasteiger partial charge in [0.15, 0.2) is 0 Å². The first-order chi connectivity index (χ1) is 10.0. The van der Waals surface area contributed by atoms with Gasteiger partial charge in [-0.15, -0.1) is 0 Å². The van der Waals surface area contributed by atoms with E-state index in [9.17, 15) is 4.79 Å². The molecule has 1 aromatic carbocycles. The average Bonchev–Trinajstić information content (AvgIpc) is 3.29. The Morgan fingerprint density at radius 3 is 2.29 bits per heavy atom. The Morgan fingerprint density at radius 2 is 1.76 bits per heavy atom. The summed E-state index contributed by atoms with van der Waals surface area (Å²) in [4.78, 5) is 12.4. The molecular formula is C15H18Cl2N2OS. The highest BCUT2D eigenvalue weighted by Gasteiger charge is 2.28. The number of benzene rings is 1. The summed E-state index contributed by atoms with van der Waals surface area (Å²) >= 11 is 11.9. The van der Waals surface area contributed by atoms with Crippen molar-refractivity contribution in [1.29, 1.82) is 0 Å². The summed E-state index contributed by atoms with van der Waals surface area (Å²) in [7, 11) is -0.178. The van der Waals surface area contributed by atoms with Gasteiger partial charge in [0.25, 0.3) is 5.91 Å². The summed E-state index contributed by atoms with van der Waals surface area (Å²) in [5.74, 6) is 3.36. The lowest BCUT2D eigenvalue weighted by atomic mass is 10.2. The van der Waals surface area contributed by atoms with Crippen molar-refractivity contribution in [2.45, 2.75) is 25.7 Å². The van der Waals surface area contributed by atoms with Gasteiger partial charge >= 0.3 is 0 Å². The molecule has 0 aromatic heterocycles. The molecule has 1 aromatic rings. The smallest absolute Gasteiger partial charge is 0.285 e. The molecule has 2 fully saturated rings. The van der Waals surface area contributed by atoms with Crippen LogP contribution in [0.4, 0.5) is 5.69 Å². The van der Waals surface area contributed by atoms with Gasteiger partial charge < -0.3 is 5.73 Å². The molecule has 2 aliphatic rings. The maximum Gasteiger partial charge on any atom is 0.285 e. The topological polar surface area (TPSA) is 55.5 Å². The third-order valence-electron chi connectivity index (χ3n) is 3.79. The summed E-state index contributed by atoms with van der Waals surface area (Å²) in [6, 6.07) is 3.10. The molecule has 0 radical (unpaired) electrons. The molecule has 3 nitrogen and oxygen atoms in total. The predicted molar refractivity (Wildman–Crippen MR) is 90.2 cm³/mol.